The second-order valence-corrected chi connectivity index (χ2v) is 4.80. The number of phenols is 1. The highest BCUT2D eigenvalue weighted by molar-refractivity contribution is 6.04. The fraction of sp³-hybridized carbons (Fsp3) is 0.214. The van der Waals surface area contributed by atoms with Crippen LogP contribution in [0.5, 0.6) is 5.75 Å². The van der Waals surface area contributed by atoms with Gasteiger partial charge in [-0.2, -0.15) is 0 Å². The molecule has 1 aromatic heterocycles. The zero-order chi connectivity index (χ0) is 15.7. The molecule has 110 valence electrons. The van der Waals surface area contributed by atoms with E-state index in [9.17, 15) is 20.0 Å². The van der Waals surface area contributed by atoms with E-state index in [1.165, 1.54) is 23.7 Å². The number of phenolic OH excluding ortho intramolecular Hbond substituents is 1. The van der Waals surface area contributed by atoms with Gasteiger partial charge in [0.15, 0.2) is 5.69 Å². The number of nitro groups is 1. The second kappa shape index (κ2) is 5.28. The summed E-state index contributed by atoms with van der Waals surface area (Å²) >= 11 is 0. The minimum Gasteiger partial charge on any atom is -0.508 e. The van der Waals surface area contributed by atoms with Crippen LogP contribution in [0.4, 0.5) is 11.5 Å². The Morgan fingerprint density at radius 3 is 2.52 bits per heavy atom. The van der Waals surface area contributed by atoms with Crippen molar-refractivity contribution in [2.45, 2.75) is 13.8 Å². The number of hydrogen-bond acceptors (Lipinski definition) is 4. The van der Waals surface area contributed by atoms with E-state index in [1.807, 2.05) is 0 Å². The van der Waals surface area contributed by atoms with Crippen molar-refractivity contribution in [3.05, 3.63) is 51.2 Å². The molecule has 0 aliphatic carbocycles. The van der Waals surface area contributed by atoms with Crippen molar-refractivity contribution in [1.82, 2.24) is 4.57 Å². The van der Waals surface area contributed by atoms with Gasteiger partial charge in [0.25, 0.3) is 5.91 Å². The molecule has 1 heterocycles. The molecule has 7 heteroatoms. The molecule has 0 radical (unpaired) electrons. The lowest BCUT2D eigenvalue weighted by molar-refractivity contribution is -0.391. The van der Waals surface area contributed by atoms with Crippen molar-refractivity contribution < 1.29 is 14.8 Å². The van der Waals surface area contributed by atoms with Gasteiger partial charge >= 0.3 is 5.82 Å². The number of aromatic hydroxyl groups is 1. The highest BCUT2D eigenvalue weighted by Crippen LogP contribution is 2.25. The van der Waals surface area contributed by atoms with E-state index in [4.69, 9.17) is 0 Å². The van der Waals surface area contributed by atoms with E-state index in [1.54, 1.807) is 26.0 Å². The molecule has 0 bridgehead atoms. The molecule has 0 saturated heterocycles. The first-order valence-corrected chi connectivity index (χ1v) is 6.23. The van der Waals surface area contributed by atoms with Gasteiger partial charge in [0, 0.05) is 11.8 Å². The minimum atomic E-state index is -0.549. The number of benzene rings is 1. The van der Waals surface area contributed by atoms with Gasteiger partial charge in [-0.25, -0.2) is 4.57 Å². The number of nitrogens with one attached hydrogen (secondary N) is 1. The summed E-state index contributed by atoms with van der Waals surface area (Å²) in [7, 11) is 1.46. The Bertz CT molecular complexity index is 734. The number of anilines is 1. The zero-order valence-corrected chi connectivity index (χ0v) is 11.9. The van der Waals surface area contributed by atoms with Crippen LogP contribution in [0.15, 0.2) is 24.3 Å². The standard InChI is InChI=1S/C14H15N3O4/c1-8-7-12(18)9(2)6-10(8)15-14(19)11-4-5-13(16(11)3)17(20)21/h4-7,18H,1-3H3,(H,15,19). The predicted octanol–water partition coefficient (Wildman–Crippen LogP) is 2.51. The lowest BCUT2D eigenvalue weighted by Crippen LogP contribution is -2.17. The minimum absolute atomic E-state index is 0.153. The average molecular weight is 289 g/mol. The van der Waals surface area contributed by atoms with Gasteiger partial charge in [-0.3, -0.25) is 4.79 Å². The third kappa shape index (κ3) is 2.71. The summed E-state index contributed by atoms with van der Waals surface area (Å²) in [6.45, 7) is 3.47. The Labute approximate surface area is 121 Å². The quantitative estimate of drug-likeness (QED) is 0.515. The fourth-order valence-corrected chi connectivity index (χ4v) is 2.03. The van der Waals surface area contributed by atoms with Crippen molar-refractivity contribution in [3.63, 3.8) is 0 Å². The third-order valence-corrected chi connectivity index (χ3v) is 3.31. The number of rotatable bonds is 3. The number of aryl methyl sites for hydroxylation is 2. The van der Waals surface area contributed by atoms with E-state index >= 15 is 0 Å². The maximum Gasteiger partial charge on any atom is 0.323 e. The molecule has 0 aliphatic heterocycles. The van der Waals surface area contributed by atoms with Crippen molar-refractivity contribution in [1.29, 1.82) is 0 Å². The molecule has 21 heavy (non-hydrogen) atoms. The van der Waals surface area contributed by atoms with Gasteiger partial charge in [-0.15, -0.1) is 0 Å². The molecule has 0 saturated carbocycles. The molecule has 0 unspecified atom stereocenters. The van der Waals surface area contributed by atoms with Crippen molar-refractivity contribution in [3.8, 4) is 5.75 Å². The first kappa shape index (κ1) is 14.6. The normalized spacial score (nSPS) is 10.4. The van der Waals surface area contributed by atoms with Crippen LogP contribution in [0.25, 0.3) is 0 Å². The van der Waals surface area contributed by atoms with Gasteiger partial charge in [-0.05, 0) is 48.1 Å². The number of aromatic nitrogens is 1. The van der Waals surface area contributed by atoms with E-state index in [-0.39, 0.29) is 17.3 Å². The summed E-state index contributed by atoms with van der Waals surface area (Å²) < 4.78 is 1.22. The van der Waals surface area contributed by atoms with Crippen molar-refractivity contribution >= 4 is 17.4 Å². The summed E-state index contributed by atoms with van der Waals surface area (Å²) in [6.07, 6.45) is 0. The molecular weight excluding hydrogens is 274 g/mol. The first-order valence-electron chi connectivity index (χ1n) is 6.23. The smallest absolute Gasteiger partial charge is 0.323 e. The number of nitrogens with zero attached hydrogens (tertiary/aromatic N) is 2. The fourth-order valence-electron chi connectivity index (χ4n) is 2.03. The molecule has 7 nitrogen and oxygen atoms in total. The molecule has 2 rings (SSSR count). The Hall–Kier alpha value is -2.83. The zero-order valence-electron chi connectivity index (χ0n) is 11.9. The highest BCUT2D eigenvalue weighted by atomic mass is 16.6. The van der Waals surface area contributed by atoms with Crippen LogP contribution in [0.1, 0.15) is 21.6 Å². The largest absolute Gasteiger partial charge is 0.508 e. The molecule has 0 aliphatic rings. The third-order valence-electron chi connectivity index (χ3n) is 3.31. The van der Waals surface area contributed by atoms with Gasteiger partial charge in [0.05, 0.1) is 7.05 Å². The predicted molar refractivity (Wildman–Crippen MR) is 77.6 cm³/mol. The van der Waals surface area contributed by atoms with Crippen LogP contribution in [-0.2, 0) is 7.05 Å². The van der Waals surface area contributed by atoms with Crippen LogP contribution in [0.3, 0.4) is 0 Å². The second-order valence-electron chi connectivity index (χ2n) is 4.80. The maximum absolute atomic E-state index is 12.2. The van der Waals surface area contributed by atoms with Crippen LogP contribution in [-0.4, -0.2) is 20.5 Å². The van der Waals surface area contributed by atoms with E-state index < -0.39 is 10.8 Å². The summed E-state index contributed by atoms with van der Waals surface area (Å²) in [6, 6.07) is 5.89. The van der Waals surface area contributed by atoms with Crippen molar-refractivity contribution in [2.24, 2.45) is 7.05 Å². The average Bonchev–Trinajstić information content (AvgIpc) is 2.78. The summed E-state index contributed by atoms with van der Waals surface area (Å²) in [4.78, 5) is 22.4. The van der Waals surface area contributed by atoms with Crippen LogP contribution >= 0.6 is 0 Å². The van der Waals surface area contributed by atoms with Gasteiger partial charge in [0.2, 0.25) is 0 Å². The van der Waals surface area contributed by atoms with E-state index in [0.717, 1.165) is 0 Å². The van der Waals surface area contributed by atoms with Crippen LogP contribution in [0.2, 0.25) is 0 Å². The van der Waals surface area contributed by atoms with Gasteiger partial charge in [0.1, 0.15) is 5.75 Å². The molecule has 0 fully saturated rings. The van der Waals surface area contributed by atoms with E-state index in [0.29, 0.717) is 16.8 Å². The Kier molecular flexibility index (Phi) is 3.66. The lowest BCUT2D eigenvalue weighted by atomic mass is 10.1. The monoisotopic (exact) mass is 289 g/mol. The lowest BCUT2D eigenvalue weighted by Gasteiger charge is -2.10. The Morgan fingerprint density at radius 2 is 1.95 bits per heavy atom. The Balaban J connectivity index is 2.31. The molecule has 0 spiro atoms. The molecule has 2 N–H and O–H groups in total. The molecule has 1 aromatic carbocycles. The molecule has 0 atom stereocenters. The Morgan fingerprint density at radius 1 is 1.29 bits per heavy atom. The van der Waals surface area contributed by atoms with Crippen LogP contribution < -0.4 is 5.32 Å². The van der Waals surface area contributed by atoms with Crippen LogP contribution in [0, 0.1) is 24.0 Å². The number of carbonyl (C=O) groups is 1. The van der Waals surface area contributed by atoms with Gasteiger partial charge < -0.3 is 20.5 Å². The van der Waals surface area contributed by atoms with Gasteiger partial charge in [-0.1, -0.05) is 0 Å². The number of carbonyl (C=O) groups excluding carboxylic acids is 1. The van der Waals surface area contributed by atoms with E-state index in [2.05, 4.69) is 5.32 Å². The topological polar surface area (TPSA) is 97.4 Å². The number of amides is 1. The highest BCUT2D eigenvalue weighted by Gasteiger charge is 2.21. The first-order chi connectivity index (χ1) is 9.81. The molecular formula is C14H15N3O4. The summed E-state index contributed by atoms with van der Waals surface area (Å²) in [5, 5.41) is 23.1. The molecule has 1 amide bonds. The molecule has 2 aromatic rings. The summed E-state index contributed by atoms with van der Waals surface area (Å²) in [5.74, 6) is -0.447. The number of hydrogen-bond donors (Lipinski definition) is 2. The summed E-state index contributed by atoms with van der Waals surface area (Å²) in [5.41, 5.74) is 2.08. The maximum atomic E-state index is 12.2. The SMILES string of the molecule is Cc1cc(NC(=O)c2ccc([N+](=O)[O-])n2C)c(C)cc1O. The van der Waals surface area contributed by atoms with Crippen molar-refractivity contribution in [2.75, 3.05) is 5.32 Å².